The molecule has 0 radical (unpaired) electrons. The van der Waals surface area contributed by atoms with E-state index in [1.54, 1.807) is 42.3 Å². The summed E-state index contributed by atoms with van der Waals surface area (Å²) in [5.41, 5.74) is -0.646. The number of aromatic nitrogens is 3. The van der Waals surface area contributed by atoms with E-state index in [2.05, 4.69) is 9.97 Å². The Morgan fingerprint density at radius 1 is 1.16 bits per heavy atom. The Kier molecular flexibility index (Phi) is 5.09. The van der Waals surface area contributed by atoms with Gasteiger partial charge in [0.2, 0.25) is 5.60 Å². The van der Waals surface area contributed by atoms with Crippen molar-refractivity contribution < 1.29 is 23.1 Å². The molecule has 1 amide bonds. The largest absolute Gasteiger partial charge is 0.424 e. The van der Waals surface area contributed by atoms with E-state index in [1.807, 2.05) is 18.2 Å². The van der Waals surface area contributed by atoms with Crippen LogP contribution in [-0.4, -0.2) is 43.2 Å². The minimum Gasteiger partial charge on any atom is -0.374 e. The van der Waals surface area contributed by atoms with Gasteiger partial charge in [-0.15, -0.1) is 0 Å². The molecule has 4 rings (SSSR count). The SMILES string of the molecule is C[C@H]1CN(C(=O)c2cccc(-c3ccccn3)c2)Cc2cnc([C@@](C)(O)C(F)(F)F)n21. The number of carbonyl (C=O) groups excluding carboxylic acids is 1. The first-order chi connectivity index (χ1) is 14.6. The van der Waals surface area contributed by atoms with Crippen molar-refractivity contribution in [1.82, 2.24) is 19.4 Å². The molecule has 1 aliphatic rings. The number of nitrogens with zero attached hydrogens (tertiary/aromatic N) is 4. The minimum absolute atomic E-state index is 0.0952. The first-order valence-corrected chi connectivity index (χ1v) is 9.76. The van der Waals surface area contributed by atoms with E-state index in [0.29, 0.717) is 18.2 Å². The third-order valence-electron chi connectivity index (χ3n) is 5.50. The summed E-state index contributed by atoms with van der Waals surface area (Å²) in [4.78, 5) is 22.9. The van der Waals surface area contributed by atoms with Crippen molar-refractivity contribution in [3.8, 4) is 11.3 Å². The van der Waals surface area contributed by atoms with Gasteiger partial charge in [-0.2, -0.15) is 13.2 Å². The number of amides is 1. The van der Waals surface area contributed by atoms with Crippen molar-refractivity contribution in [2.75, 3.05) is 6.54 Å². The average Bonchev–Trinajstić information content (AvgIpc) is 3.18. The Hall–Kier alpha value is -3.20. The number of rotatable bonds is 3. The summed E-state index contributed by atoms with van der Waals surface area (Å²) in [5.74, 6) is -0.701. The predicted molar refractivity (Wildman–Crippen MR) is 107 cm³/mol. The molecule has 0 unspecified atom stereocenters. The lowest BCUT2D eigenvalue weighted by Gasteiger charge is -2.36. The van der Waals surface area contributed by atoms with Crippen molar-refractivity contribution in [2.24, 2.45) is 0 Å². The molecule has 0 spiro atoms. The van der Waals surface area contributed by atoms with E-state index in [-0.39, 0.29) is 19.0 Å². The zero-order valence-corrected chi connectivity index (χ0v) is 17.0. The summed E-state index contributed by atoms with van der Waals surface area (Å²) in [7, 11) is 0. The van der Waals surface area contributed by atoms with Gasteiger partial charge >= 0.3 is 6.18 Å². The zero-order chi connectivity index (χ0) is 22.4. The quantitative estimate of drug-likeness (QED) is 0.684. The lowest BCUT2D eigenvalue weighted by Crippen LogP contribution is -2.45. The lowest BCUT2D eigenvalue weighted by molar-refractivity contribution is -0.263. The van der Waals surface area contributed by atoms with Gasteiger partial charge in [0, 0.05) is 23.9 Å². The molecule has 31 heavy (non-hydrogen) atoms. The fraction of sp³-hybridized carbons (Fsp3) is 0.318. The highest BCUT2D eigenvalue weighted by atomic mass is 19.4. The van der Waals surface area contributed by atoms with Crippen molar-refractivity contribution in [2.45, 2.75) is 38.2 Å². The topological polar surface area (TPSA) is 71.2 Å². The van der Waals surface area contributed by atoms with Gasteiger partial charge in [-0.1, -0.05) is 18.2 Å². The summed E-state index contributed by atoms with van der Waals surface area (Å²) in [5, 5.41) is 10.1. The summed E-state index contributed by atoms with van der Waals surface area (Å²) in [6, 6.07) is 12.1. The van der Waals surface area contributed by atoms with Gasteiger partial charge in [-0.05, 0) is 38.1 Å². The Labute approximate surface area is 177 Å². The minimum atomic E-state index is -4.87. The molecule has 3 aromatic rings. The van der Waals surface area contributed by atoms with E-state index >= 15 is 0 Å². The number of benzene rings is 1. The van der Waals surface area contributed by atoms with Crippen molar-refractivity contribution in [3.05, 3.63) is 71.9 Å². The van der Waals surface area contributed by atoms with Gasteiger partial charge < -0.3 is 14.6 Å². The standard InChI is InChI=1S/C22H21F3N4O2/c1-14-12-28(13-17-11-27-20(29(14)17)21(2,31)22(23,24)25)19(30)16-7-5-6-15(10-16)18-8-3-4-9-26-18/h3-11,14,31H,12-13H2,1-2H3/t14-,21+/m0/s1. The van der Waals surface area contributed by atoms with Crippen LogP contribution in [0.15, 0.2) is 54.9 Å². The number of halogens is 3. The van der Waals surface area contributed by atoms with Crippen LogP contribution >= 0.6 is 0 Å². The fourth-order valence-corrected chi connectivity index (χ4v) is 3.83. The summed E-state index contributed by atoms with van der Waals surface area (Å²) >= 11 is 0. The van der Waals surface area contributed by atoms with Crippen LogP contribution in [0.2, 0.25) is 0 Å². The number of fused-ring (bicyclic) bond motifs is 1. The highest BCUT2D eigenvalue weighted by molar-refractivity contribution is 5.95. The second-order valence-corrected chi connectivity index (χ2v) is 7.84. The van der Waals surface area contributed by atoms with E-state index in [1.165, 1.54) is 10.8 Å². The van der Waals surface area contributed by atoms with Gasteiger partial charge in [0.05, 0.1) is 30.2 Å². The molecule has 162 valence electrons. The fourth-order valence-electron chi connectivity index (χ4n) is 3.83. The Bertz CT molecular complexity index is 1110. The molecule has 1 aromatic carbocycles. The van der Waals surface area contributed by atoms with E-state index < -0.39 is 23.6 Å². The van der Waals surface area contributed by atoms with Crippen LogP contribution in [-0.2, 0) is 12.1 Å². The lowest BCUT2D eigenvalue weighted by atomic mass is 10.0. The summed E-state index contributed by atoms with van der Waals surface area (Å²) in [6.45, 7) is 2.68. The molecule has 2 atom stereocenters. The monoisotopic (exact) mass is 430 g/mol. The molecule has 1 aliphatic heterocycles. The molecule has 0 saturated heterocycles. The maximum absolute atomic E-state index is 13.3. The first kappa shape index (κ1) is 21.0. The Morgan fingerprint density at radius 2 is 1.94 bits per heavy atom. The molecule has 0 fully saturated rings. The molecular formula is C22H21F3N4O2. The highest BCUT2D eigenvalue weighted by Crippen LogP contribution is 2.40. The van der Waals surface area contributed by atoms with Crippen LogP contribution in [0.5, 0.6) is 0 Å². The number of hydrogen-bond donors (Lipinski definition) is 1. The third kappa shape index (κ3) is 3.69. The molecule has 0 aliphatic carbocycles. The van der Waals surface area contributed by atoms with E-state index in [0.717, 1.165) is 11.3 Å². The van der Waals surface area contributed by atoms with Gasteiger partial charge in [-0.25, -0.2) is 4.98 Å². The van der Waals surface area contributed by atoms with Crippen LogP contribution in [0.4, 0.5) is 13.2 Å². The van der Waals surface area contributed by atoms with Crippen molar-refractivity contribution in [1.29, 1.82) is 0 Å². The van der Waals surface area contributed by atoms with Crippen LogP contribution in [0, 0.1) is 0 Å². The summed E-state index contributed by atoms with van der Waals surface area (Å²) in [6.07, 6.45) is -1.91. The number of pyridine rings is 1. The van der Waals surface area contributed by atoms with E-state index in [4.69, 9.17) is 0 Å². The second-order valence-electron chi connectivity index (χ2n) is 7.84. The molecule has 0 bridgehead atoms. The molecular weight excluding hydrogens is 409 g/mol. The Morgan fingerprint density at radius 3 is 2.61 bits per heavy atom. The number of hydrogen-bond acceptors (Lipinski definition) is 4. The number of aliphatic hydroxyl groups is 1. The number of alkyl halides is 3. The van der Waals surface area contributed by atoms with E-state index in [9.17, 15) is 23.1 Å². The smallest absolute Gasteiger partial charge is 0.374 e. The molecule has 1 N–H and O–H groups in total. The third-order valence-corrected chi connectivity index (χ3v) is 5.50. The normalized spacial score (nSPS) is 18.4. The average molecular weight is 430 g/mol. The van der Waals surface area contributed by atoms with Crippen molar-refractivity contribution >= 4 is 5.91 Å². The predicted octanol–water partition coefficient (Wildman–Crippen LogP) is 3.93. The van der Waals surface area contributed by atoms with Gasteiger partial charge in [0.25, 0.3) is 5.91 Å². The molecule has 6 nitrogen and oxygen atoms in total. The van der Waals surface area contributed by atoms with Crippen molar-refractivity contribution in [3.63, 3.8) is 0 Å². The molecule has 0 saturated carbocycles. The molecule has 2 aromatic heterocycles. The van der Waals surface area contributed by atoms with Crippen LogP contribution in [0.3, 0.4) is 0 Å². The number of imidazole rings is 1. The van der Waals surface area contributed by atoms with Gasteiger partial charge in [-0.3, -0.25) is 9.78 Å². The van der Waals surface area contributed by atoms with Crippen LogP contribution < -0.4 is 0 Å². The maximum Gasteiger partial charge on any atom is 0.424 e. The maximum atomic E-state index is 13.3. The first-order valence-electron chi connectivity index (χ1n) is 9.76. The molecule has 3 heterocycles. The second kappa shape index (κ2) is 7.49. The van der Waals surface area contributed by atoms with Crippen LogP contribution in [0.25, 0.3) is 11.3 Å². The molecule has 9 heteroatoms. The van der Waals surface area contributed by atoms with Crippen LogP contribution in [0.1, 0.15) is 41.8 Å². The zero-order valence-electron chi connectivity index (χ0n) is 17.0. The van der Waals surface area contributed by atoms with Gasteiger partial charge in [0.15, 0.2) is 5.82 Å². The number of carbonyl (C=O) groups is 1. The van der Waals surface area contributed by atoms with Gasteiger partial charge in [0.1, 0.15) is 0 Å². The Balaban J connectivity index is 1.62. The highest BCUT2D eigenvalue weighted by Gasteiger charge is 2.55. The summed E-state index contributed by atoms with van der Waals surface area (Å²) < 4.78 is 41.4.